The zero-order chi connectivity index (χ0) is 13.5. The van der Waals surface area contributed by atoms with Gasteiger partial charge in [0.15, 0.2) is 0 Å². The summed E-state index contributed by atoms with van der Waals surface area (Å²) in [6.45, 7) is 2.11. The average molecular weight is 252 g/mol. The van der Waals surface area contributed by atoms with Crippen LogP contribution in [-0.4, -0.2) is 5.84 Å². The molecular weight excluding hydrogens is 232 g/mol. The second-order valence-corrected chi connectivity index (χ2v) is 4.59. The van der Waals surface area contributed by atoms with Gasteiger partial charge in [-0.05, 0) is 17.5 Å². The molecule has 0 amide bonds. The second-order valence-electron chi connectivity index (χ2n) is 4.59. The van der Waals surface area contributed by atoms with Crippen LogP contribution >= 0.6 is 0 Å². The third-order valence-corrected chi connectivity index (χ3v) is 3.03. The van der Waals surface area contributed by atoms with Gasteiger partial charge in [0.05, 0.1) is 5.84 Å². The van der Waals surface area contributed by atoms with Gasteiger partial charge in [0.25, 0.3) is 0 Å². The quantitative estimate of drug-likeness (QED) is 0.635. The number of nitrogens with zero attached hydrogens (tertiary/aromatic N) is 1. The first-order chi connectivity index (χ1) is 9.31. The maximum absolute atomic E-state index is 6.01. The van der Waals surface area contributed by atoms with Crippen molar-refractivity contribution in [1.29, 1.82) is 0 Å². The summed E-state index contributed by atoms with van der Waals surface area (Å²) in [6.07, 6.45) is 1.86. The van der Waals surface area contributed by atoms with E-state index in [0.717, 1.165) is 18.7 Å². The Morgan fingerprint density at radius 1 is 0.947 bits per heavy atom. The molecule has 0 saturated heterocycles. The maximum atomic E-state index is 6.01. The number of hydrogen-bond acceptors (Lipinski definition) is 1. The van der Waals surface area contributed by atoms with Gasteiger partial charge in [0.2, 0.25) is 0 Å². The van der Waals surface area contributed by atoms with E-state index in [-0.39, 0.29) is 6.04 Å². The van der Waals surface area contributed by atoms with Crippen LogP contribution in [0, 0.1) is 0 Å². The van der Waals surface area contributed by atoms with Crippen molar-refractivity contribution in [2.45, 2.75) is 25.8 Å². The molecular formula is C17H20N2. The molecule has 0 spiro atoms. The Balaban J connectivity index is 2.37. The zero-order valence-electron chi connectivity index (χ0n) is 11.3. The molecule has 2 aromatic carbocycles. The van der Waals surface area contributed by atoms with Crippen LogP contribution in [0.3, 0.4) is 0 Å². The minimum Gasteiger partial charge on any atom is -0.387 e. The summed E-state index contributed by atoms with van der Waals surface area (Å²) in [5, 5.41) is 0. The number of hydrogen-bond donors (Lipinski definition) is 1. The standard InChI is InChI=1S/C17H20N2/c1-2-9-16(18)19-17(14-10-5-3-6-11-14)15-12-7-4-8-13-15/h3-8,10-13,17H,2,9H2,1H3,(H2,18,19). The molecule has 0 atom stereocenters. The van der Waals surface area contributed by atoms with Crippen molar-refractivity contribution in [2.75, 3.05) is 0 Å². The van der Waals surface area contributed by atoms with E-state index in [0.29, 0.717) is 0 Å². The minimum atomic E-state index is -0.00560. The van der Waals surface area contributed by atoms with E-state index in [1.54, 1.807) is 0 Å². The molecule has 0 radical (unpaired) electrons. The van der Waals surface area contributed by atoms with Crippen molar-refractivity contribution >= 4 is 5.84 Å². The highest BCUT2D eigenvalue weighted by molar-refractivity contribution is 5.80. The summed E-state index contributed by atoms with van der Waals surface area (Å²) >= 11 is 0. The summed E-state index contributed by atoms with van der Waals surface area (Å²) in [6, 6.07) is 20.6. The van der Waals surface area contributed by atoms with Gasteiger partial charge in [-0.25, -0.2) is 0 Å². The molecule has 2 aromatic rings. The molecule has 19 heavy (non-hydrogen) atoms. The van der Waals surface area contributed by atoms with Gasteiger partial charge in [-0.3, -0.25) is 4.99 Å². The van der Waals surface area contributed by atoms with Gasteiger partial charge in [-0.1, -0.05) is 67.6 Å². The molecule has 0 heterocycles. The first kappa shape index (κ1) is 13.3. The summed E-state index contributed by atoms with van der Waals surface area (Å²) in [4.78, 5) is 4.70. The summed E-state index contributed by atoms with van der Waals surface area (Å²) < 4.78 is 0. The summed E-state index contributed by atoms with van der Waals surface area (Å²) in [5.41, 5.74) is 8.36. The normalized spacial score (nSPS) is 11.8. The van der Waals surface area contributed by atoms with Crippen molar-refractivity contribution < 1.29 is 0 Å². The van der Waals surface area contributed by atoms with E-state index >= 15 is 0 Å². The third-order valence-electron chi connectivity index (χ3n) is 3.03. The Hall–Kier alpha value is -2.09. The monoisotopic (exact) mass is 252 g/mol. The van der Waals surface area contributed by atoms with E-state index in [4.69, 9.17) is 10.7 Å². The van der Waals surface area contributed by atoms with Gasteiger partial charge in [0, 0.05) is 6.42 Å². The second kappa shape index (κ2) is 6.74. The smallest absolute Gasteiger partial charge is 0.102 e. The predicted octanol–water partition coefficient (Wildman–Crippen LogP) is 3.93. The molecule has 0 saturated carbocycles. The van der Waals surface area contributed by atoms with E-state index < -0.39 is 0 Å². The van der Waals surface area contributed by atoms with E-state index in [2.05, 4.69) is 31.2 Å². The molecule has 2 heteroatoms. The van der Waals surface area contributed by atoms with Gasteiger partial charge >= 0.3 is 0 Å². The molecule has 2 nitrogen and oxygen atoms in total. The Kier molecular flexibility index (Phi) is 4.73. The molecule has 98 valence electrons. The van der Waals surface area contributed by atoms with E-state index in [1.807, 2.05) is 36.4 Å². The molecule has 0 aliphatic rings. The van der Waals surface area contributed by atoms with Crippen LogP contribution in [0.4, 0.5) is 0 Å². The Morgan fingerprint density at radius 3 is 1.84 bits per heavy atom. The van der Waals surface area contributed by atoms with Gasteiger partial charge < -0.3 is 5.73 Å². The molecule has 0 aromatic heterocycles. The zero-order valence-corrected chi connectivity index (χ0v) is 11.3. The SMILES string of the molecule is CCCC(N)=NC(c1ccccc1)c1ccccc1. The highest BCUT2D eigenvalue weighted by Crippen LogP contribution is 2.25. The van der Waals surface area contributed by atoms with Gasteiger partial charge in [-0.2, -0.15) is 0 Å². The Labute approximate surface area is 115 Å². The van der Waals surface area contributed by atoms with Crippen molar-refractivity contribution in [3.8, 4) is 0 Å². The molecule has 0 unspecified atom stereocenters. The molecule has 0 fully saturated rings. The summed E-state index contributed by atoms with van der Waals surface area (Å²) in [7, 11) is 0. The molecule has 2 N–H and O–H groups in total. The van der Waals surface area contributed by atoms with Crippen LogP contribution in [0.2, 0.25) is 0 Å². The lowest BCUT2D eigenvalue weighted by Crippen LogP contribution is -2.13. The van der Waals surface area contributed by atoms with Gasteiger partial charge in [-0.15, -0.1) is 0 Å². The van der Waals surface area contributed by atoms with Crippen LogP contribution in [0.25, 0.3) is 0 Å². The highest BCUT2D eigenvalue weighted by atomic mass is 14.9. The van der Waals surface area contributed by atoms with Gasteiger partial charge in [0.1, 0.15) is 6.04 Å². The first-order valence-corrected chi connectivity index (χ1v) is 6.73. The van der Waals surface area contributed by atoms with Crippen molar-refractivity contribution in [3.63, 3.8) is 0 Å². The van der Waals surface area contributed by atoms with Crippen LogP contribution in [0.1, 0.15) is 36.9 Å². The van der Waals surface area contributed by atoms with Crippen LogP contribution in [-0.2, 0) is 0 Å². The van der Waals surface area contributed by atoms with Crippen molar-refractivity contribution in [1.82, 2.24) is 0 Å². The Morgan fingerprint density at radius 2 is 1.42 bits per heavy atom. The highest BCUT2D eigenvalue weighted by Gasteiger charge is 2.12. The number of rotatable bonds is 5. The van der Waals surface area contributed by atoms with E-state index in [1.165, 1.54) is 11.1 Å². The molecule has 0 aliphatic carbocycles. The lowest BCUT2D eigenvalue weighted by molar-refractivity contribution is 0.851. The third kappa shape index (κ3) is 3.68. The topological polar surface area (TPSA) is 38.4 Å². The largest absolute Gasteiger partial charge is 0.387 e. The number of aliphatic imine (C=N–C) groups is 1. The lowest BCUT2D eigenvalue weighted by Gasteiger charge is -2.14. The van der Waals surface area contributed by atoms with Crippen molar-refractivity contribution in [2.24, 2.45) is 10.7 Å². The van der Waals surface area contributed by atoms with E-state index in [9.17, 15) is 0 Å². The lowest BCUT2D eigenvalue weighted by atomic mass is 9.99. The molecule has 0 aliphatic heterocycles. The number of benzene rings is 2. The predicted molar refractivity (Wildman–Crippen MR) is 81.3 cm³/mol. The fourth-order valence-corrected chi connectivity index (χ4v) is 2.10. The van der Waals surface area contributed by atoms with Crippen LogP contribution in [0.5, 0.6) is 0 Å². The maximum Gasteiger partial charge on any atom is 0.102 e. The first-order valence-electron chi connectivity index (χ1n) is 6.73. The summed E-state index contributed by atoms with van der Waals surface area (Å²) in [5.74, 6) is 0.722. The molecule has 2 rings (SSSR count). The fraction of sp³-hybridized carbons (Fsp3) is 0.235. The van der Waals surface area contributed by atoms with Crippen LogP contribution < -0.4 is 5.73 Å². The molecule has 0 bridgehead atoms. The number of amidine groups is 1. The fourth-order valence-electron chi connectivity index (χ4n) is 2.10. The Bertz CT molecular complexity index is 478. The van der Waals surface area contributed by atoms with Crippen LogP contribution in [0.15, 0.2) is 65.7 Å². The van der Waals surface area contributed by atoms with Crippen molar-refractivity contribution in [3.05, 3.63) is 71.8 Å². The number of nitrogens with two attached hydrogens (primary N) is 1. The minimum absolute atomic E-state index is 0.00560. The average Bonchev–Trinajstić information content (AvgIpc) is 2.47.